The van der Waals surface area contributed by atoms with Gasteiger partial charge in [0.05, 0.1) is 6.42 Å². The molecule has 18 heavy (non-hydrogen) atoms. The molecule has 8 heteroatoms. The molecule has 0 unspecified atom stereocenters. The van der Waals surface area contributed by atoms with Gasteiger partial charge in [-0.05, 0) is 13.8 Å². The summed E-state index contributed by atoms with van der Waals surface area (Å²) in [6.07, 6.45) is -0.179. The second kappa shape index (κ2) is 5.77. The number of carboxylic acids is 1. The van der Waals surface area contributed by atoms with E-state index in [1.54, 1.807) is 11.8 Å². The van der Waals surface area contributed by atoms with Crippen LogP contribution in [0.2, 0.25) is 0 Å². The average Bonchev–Trinajstić information content (AvgIpc) is 2.24. The van der Waals surface area contributed by atoms with E-state index < -0.39 is 16.2 Å². The third-order valence-corrected chi connectivity index (χ3v) is 5.98. The number of rotatable bonds is 5. The number of carbonyl (C=O) groups is 1. The van der Waals surface area contributed by atoms with Crippen LogP contribution in [-0.2, 0) is 15.0 Å². The molecule has 1 saturated heterocycles. The first-order valence-electron chi connectivity index (χ1n) is 5.72. The van der Waals surface area contributed by atoms with Crippen LogP contribution >= 0.6 is 11.8 Å². The van der Waals surface area contributed by atoms with E-state index in [2.05, 4.69) is 0 Å². The van der Waals surface area contributed by atoms with Crippen LogP contribution in [0.1, 0.15) is 20.3 Å². The van der Waals surface area contributed by atoms with Gasteiger partial charge in [0.15, 0.2) is 0 Å². The fourth-order valence-electron chi connectivity index (χ4n) is 1.74. The number of carboxylic acid groups (broad SMARTS) is 1. The zero-order valence-electron chi connectivity index (χ0n) is 10.9. The van der Waals surface area contributed by atoms with Gasteiger partial charge in [0.25, 0.3) is 10.2 Å². The summed E-state index contributed by atoms with van der Waals surface area (Å²) in [6, 6.07) is 0. The number of aliphatic carboxylic acids is 1. The molecule has 0 saturated carbocycles. The summed E-state index contributed by atoms with van der Waals surface area (Å²) in [5, 5.41) is 8.58. The Hall–Kier alpha value is -0.310. The second-order valence-electron chi connectivity index (χ2n) is 4.91. The minimum atomic E-state index is -3.54. The van der Waals surface area contributed by atoms with E-state index in [1.807, 2.05) is 13.8 Å². The molecule has 0 atom stereocenters. The number of thioether (sulfide) groups is 1. The van der Waals surface area contributed by atoms with E-state index >= 15 is 0 Å². The molecule has 1 N–H and O–H groups in total. The molecule has 0 aromatic heterocycles. The van der Waals surface area contributed by atoms with Crippen LogP contribution < -0.4 is 0 Å². The standard InChI is InChI=1S/C10H20N2O4S2/c1-10(2)8-12(6-7-17-10)18(15,16)11(3)5-4-9(13)14/h4-8H2,1-3H3,(H,13,14). The van der Waals surface area contributed by atoms with Crippen LogP contribution in [0.3, 0.4) is 0 Å². The van der Waals surface area contributed by atoms with Gasteiger partial charge in [-0.3, -0.25) is 4.79 Å². The van der Waals surface area contributed by atoms with Crippen molar-refractivity contribution in [3.05, 3.63) is 0 Å². The zero-order valence-corrected chi connectivity index (χ0v) is 12.6. The SMILES string of the molecule is CN(CCC(=O)O)S(=O)(=O)N1CCSC(C)(C)C1. The average molecular weight is 296 g/mol. The molecule has 1 rings (SSSR count). The highest BCUT2D eigenvalue weighted by Crippen LogP contribution is 2.31. The normalized spacial score (nSPS) is 21.1. The van der Waals surface area contributed by atoms with Crippen molar-refractivity contribution >= 4 is 27.9 Å². The van der Waals surface area contributed by atoms with Gasteiger partial charge in [-0.15, -0.1) is 0 Å². The highest BCUT2D eigenvalue weighted by atomic mass is 32.2. The van der Waals surface area contributed by atoms with Crippen molar-refractivity contribution in [3.8, 4) is 0 Å². The monoisotopic (exact) mass is 296 g/mol. The van der Waals surface area contributed by atoms with Crippen LogP contribution in [-0.4, -0.2) is 65.3 Å². The van der Waals surface area contributed by atoms with Crippen LogP contribution in [0.25, 0.3) is 0 Å². The van der Waals surface area contributed by atoms with Crippen LogP contribution in [0.4, 0.5) is 0 Å². The molecular weight excluding hydrogens is 276 g/mol. The van der Waals surface area contributed by atoms with E-state index in [9.17, 15) is 13.2 Å². The molecule has 0 bridgehead atoms. The van der Waals surface area contributed by atoms with E-state index in [0.717, 1.165) is 10.1 Å². The van der Waals surface area contributed by atoms with Crippen LogP contribution in [0.5, 0.6) is 0 Å². The fraction of sp³-hybridized carbons (Fsp3) is 0.900. The molecule has 0 aliphatic carbocycles. The highest BCUT2D eigenvalue weighted by Gasteiger charge is 2.35. The van der Waals surface area contributed by atoms with E-state index in [0.29, 0.717) is 13.1 Å². The molecule has 0 radical (unpaired) electrons. The van der Waals surface area contributed by atoms with Crippen molar-refractivity contribution in [3.63, 3.8) is 0 Å². The van der Waals surface area contributed by atoms with Gasteiger partial charge in [0, 0.05) is 37.2 Å². The third-order valence-electron chi connectivity index (χ3n) is 2.75. The summed E-state index contributed by atoms with van der Waals surface area (Å²) in [7, 11) is -2.12. The predicted octanol–water partition coefficient (Wildman–Crippen LogP) is 0.465. The van der Waals surface area contributed by atoms with Crippen molar-refractivity contribution in [1.29, 1.82) is 0 Å². The minimum absolute atomic E-state index is 0.00172. The summed E-state index contributed by atoms with van der Waals surface area (Å²) >= 11 is 1.75. The van der Waals surface area contributed by atoms with Crippen LogP contribution in [0, 0.1) is 0 Å². The topological polar surface area (TPSA) is 77.9 Å². The van der Waals surface area contributed by atoms with Crippen molar-refractivity contribution < 1.29 is 18.3 Å². The Morgan fingerprint density at radius 3 is 2.61 bits per heavy atom. The lowest BCUT2D eigenvalue weighted by Gasteiger charge is -2.38. The minimum Gasteiger partial charge on any atom is -0.481 e. The summed E-state index contributed by atoms with van der Waals surface area (Å²) in [5.74, 6) is -0.231. The van der Waals surface area contributed by atoms with Gasteiger partial charge in [0.1, 0.15) is 0 Å². The molecule has 1 aliphatic rings. The molecule has 1 fully saturated rings. The Balaban J connectivity index is 2.70. The van der Waals surface area contributed by atoms with Crippen molar-refractivity contribution in [1.82, 2.24) is 8.61 Å². The third kappa shape index (κ3) is 4.11. The smallest absolute Gasteiger partial charge is 0.304 e. The maximum Gasteiger partial charge on any atom is 0.304 e. The van der Waals surface area contributed by atoms with E-state index in [1.165, 1.54) is 11.4 Å². The molecule has 0 spiro atoms. The van der Waals surface area contributed by atoms with Crippen molar-refractivity contribution in [2.45, 2.75) is 25.0 Å². The van der Waals surface area contributed by atoms with E-state index in [4.69, 9.17) is 5.11 Å². The van der Waals surface area contributed by atoms with Gasteiger partial charge in [-0.2, -0.15) is 28.8 Å². The molecule has 0 amide bonds. The lowest BCUT2D eigenvalue weighted by Crippen LogP contribution is -2.51. The fourth-order valence-corrected chi connectivity index (χ4v) is 4.57. The molecule has 0 aromatic carbocycles. The van der Waals surface area contributed by atoms with Gasteiger partial charge >= 0.3 is 5.97 Å². The molecule has 106 valence electrons. The Kier molecular flexibility index (Phi) is 5.05. The summed E-state index contributed by atoms with van der Waals surface area (Å²) in [5.41, 5.74) is 0. The predicted molar refractivity (Wildman–Crippen MR) is 71.9 cm³/mol. The molecule has 0 aromatic rings. The highest BCUT2D eigenvalue weighted by molar-refractivity contribution is 8.00. The lowest BCUT2D eigenvalue weighted by atomic mass is 10.2. The van der Waals surface area contributed by atoms with Gasteiger partial charge in [0.2, 0.25) is 0 Å². The van der Waals surface area contributed by atoms with Crippen LogP contribution in [0.15, 0.2) is 0 Å². The number of hydrogen-bond acceptors (Lipinski definition) is 4. The van der Waals surface area contributed by atoms with Gasteiger partial charge in [-0.25, -0.2) is 0 Å². The molecular formula is C10H20N2O4S2. The van der Waals surface area contributed by atoms with Gasteiger partial charge in [-0.1, -0.05) is 0 Å². The van der Waals surface area contributed by atoms with E-state index in [-0.39, 0.29) is 17.7 Å². The summed E-state index contributed by atoms with van der Waals surface area (Å²) in [4.78, 5) is 10.5. The zero-order chi connectivity index (χ0) is 14.0. The maximum absolute atomic E-state index is 12.2. The molecule has 6 nitrogen and oxygen atoms in total. The number of nitrogens with zero attached hydrogens (tertiary/aromatic N) is 2. The first-order valence-corrected chi connectivity index (χ1v) is 8.10. The second-order valence-corrected chi connectivity index (χ2v) is 8.75. The lowest BCUT2D eigenvalue weighted by molar-refractivity contribution is -0.137. The largest absolute Gasteiger partial charge is 0.481 e. The van der Waals surface area contributed by atoms with Gasteiger partial charge < -0.3 is 5.11 Å². The quantitative estimate of drug-likeness (QED) is 0.797. The Labute approximate surface area is 113 Å². The maximum atomic E-state index is 12.2. The van der Waals surface area contributed by atoms with Crippen molar-refractivity contribution in [2.75, 3.05) is 32.4 Å². The summed E-state index contributed by atoms with van der Waals surface area (Å²) < 4.78 is 26.9. The Morgan fingerprint density at radius 2 is 2.11 bits per heavy atom. The van der Waals surface area contributed by atoms with Crippen molar-refractivity contribution in [2.24, 2.45) is 0 Å². The molecule has 1 heterocycles. The Morgan fingerprint density at radius 1 is 1.50 bits per heavy atom. The summed E-state index contributed by atoms with van der Waals surface area (Å²) in [6.45, 7) is 4.96. The number of hydrogen-bond donors (Lipinski definition) is 1. The molecule has 1 aliphatic heterocycles. The first-order chi connectivity index (χ1) is 8.15. The first kappa shape index (κ1) is 15.7. The Bertz CT molecular complexity index is 408.